The lowest BCUT2D eigenvalue weighted by Gasteiger charge is -2.10. The molecule has 0 atom stereocenters. The number of methoxy groups -OCH3 is 1. The molecule has 23 heavy (non-hydrogen) atoms. The minimum absolute atomic E-state index is 0.123. The molecule has 0 aliphatic heterocycles. The number of anilines is 1. The van der Waals surface area contributed by atoms with Gasteiger partial charge in [-0.25, -0.2) is 0 Å². The molecule has 2 aromatic carbocycles. The zero-order valence-electron chi connectivity index (χ0n) is 12.9. The van der Waals surface area contributed by atoms with Crippen LogP contribution in [0.5, 0.6) is 5.75 Å². The van der Waals surface area contributed by atoms with Crippen LogP contribution < -0.4 is 15.4 Å². The maximum absolute atomic E-state index is 12.1. The highest BCUT2D eigenvalue weighted by Gasteiger charge is 2.12. The summed E-state index contributed by atoms with van der Waals surface area (Å²) in [6, 6.07) is 12.4. The van der Waals surface area contributed by atoms with Crippen molar-refractivity contribution in [2.24, 2.45) is 0 Å². The van der Waals surface area contributed by atoms with Crippen LogP contribution in [-0.2, 0) is 4.79 Å². The van der Waals surface area contributed by atoms with Crippen molar-refractivity contribution in [1.82, 2.24) is 5.32 Å². The summed E-state index contributed by atoms with van der Waals surface area (Å²) in [6.07, 6.45) is 0. The zero-order valence-corrected chi connectivity index (χ0v) is 14.4. The van der Waals surface area contributed by atoms with E-state index in [1.54, 1.807) is 30.3 Å². The van der Waals surface area contributed by atoms with E-state index < -0.39 is 0 Å². The van der Waals surface area contributed by atoms with Gasteiger partial charge in [0.2, 0.25) is 5.91 Å². The van der Waals surface area contributed by atoms with Crippen molar-refractivity contribution in [2.75, 3.05) is 19.0 Å². The standard InChI is InChI=1S/C17H17BrN2O3/c1-11-7-8-12(9-14(11)18)20-16(21)10-19-17(22)13-5-3-4-6-15(13)23-2/h3-9H,10H2,1-2H3,(H,19,22)(H,20,21). The number of carbonyl (C=O) groups is 2. The van der Waals surface area contributed by atoms with Gasteiger partial charge in [-0.2, -0.15) is 0 Å². The summed E-state index contributed by atoms with van der Waals surface area (Å²) in [4.78, 5) is 24.0. The van der Waals surface area contributed by atoms with Crippen molar-refractivity contribution in [3.63, 3.8) is 0 Å². The van der Waals surface area contributed by atoms with Crippen LogP contribution in [0.4, 0.5) is 5.69 Å². The molecule has 120 valence electrons. The number of halogens is 1. The second-order valence-electron chi connectivity index (χ2n) is 4.90. The Kier molecular flexibility index (Phi) is 5.76. The Bertz CT molecular complexity index is 732. The average molecular weight is 377 g/mol. The van der Waals surface area contributed by atoms with E-state index in [1.807, 2.05) is 19.1 Å². The maximum atomic E-state index is 12.1. The molecule has 2 aromatic rings. The molecular weight excluding hydrogens is 360 g/mol. The lowest BCUT2D eigenvalue weighted by Crippen LogP contribution is -2.33. The quantitative estimate of drug-likeness (QED) is 0.842. The van der Waals surface area contributed by atoms with Crippen molar-refractivity contribution in [3.05, 3.63) is 58.1 Å². The number of carbonyl (C=O) groups excluding carboxylic acids is 2. The monoisotopic (exact) mass is 376 g/mol. The molecule has 6 heteroatoms. The fourth-order valence-electron chi connectivity index (χ4n) is 1.96. The molecule has 0 spiro atoms. The molecule has 0 aromatic heterocycles. The Hall–Kier alpha value is -2.34. The fraction of sp³-hybridized carbons (Fsp3) is 0.176. The second kappa shape index (κ2) is 7.78. The van der Waals surface area contributed by atoms with Crippen molar-refractivity contribution < 1.29 is 14.3 Å². The number of hydrogen-bond donors (Lipinski definition) is 2. The number of para-hydroxylation sites is 1. The Balaban J connectivity index is 1.93. The third-order valence-electron chi connectivity index (χ3n) is 3.22. The van der Waals surface area contributed by atoms with Crippen molar-refractivity contribution in [3.8, 4) is 5.75 Å². The minimum Gasteiger partial charge on any atom is -0.496 e. The van der Waals surface area contributed by atoms with Crippen molar-refractivity contribution in [2.45, 2.75) is 6.92 Å². The Morgan fingerprint density at radius 3 is 2.61 bits per heavy atom. The summed E-state index contributed by atoms with van der Waals surface area (Å²) < 4.78 is 6.04. The van der Waals surface area contributed by atoms with Gasteiger partial charge in [-0.1, -0.05) is 34.1 Å². The highest BCUT2D eigenvalue weighted by Crippen LogP contribution is 2.20. The van der Waals surface area contributed by atoms with E-state index in [0.717, 1.165) is 10.0 Å². The minimum atomic E-state index is -0.359. The molecule has 0 radical (unpaired) electrons. The molecular formula is C17H17BrN2O3. The third kappa shape index (κ3) is 4.56. The van der Waals surface area contributed by atoms with E-state index in [0.29, 0.717) is 17.0 Å². The Morgan fingerprint density at radius 2 is 1.91 bits per heavy atom. The smallest absolute Gasteiger partial charge is 0.255 e. The van der Waals surface area contributed by atoms with Gasteiger partial charge in [0.1, 0.15) is 5.75 Å². The molecule has 0 saturated heterocycles. The number of aryl methyl sites for hydroxylation is 1. The van der Waals surface area contributed by atoms with E-state index in [1.165, 1.54) is 7.11 Å². The third-order valence-corrected chi connectivity index (χ3v) is 4.07. The van der Waals surface area contributed by atoms with E-state index in [-0.39, 0.29) is 18.4 Å². The van der Waals surface area contributed by atoms with E-state index in [2.05, 4.69) is 26.6 Å². The van der Waals surface area contributed by atoms with Crippen LogP contribution in [0.2, 0.25) is 0 Å². The number of hydrogen-bond acceptors (Lipinski definition) is 3. The van der Waals surface area contributed by atoms with Gasteiger partial charge in [0, 0.05) is 10.2 Å². The van der Waals surface area contributed by atoms with Crippen molar-refractivity contribution >= 4 is 33.4 Å². The lowest BCUT2D eigenvalue weighted by molar-refractivity contribution is -0.115. The first kappa shape index (κ1) is 17.0. The van der Waals surface area contributed by atoms with Crippen molar-refractivity contribution in [1.29, 1.82) is 0 Å². The molecule has 0 saturated carbocycles. The predicted molar refractivity (Wildman–Crippen MR) is 92.8 cm³/mol. The summed E-state index contributed by atoms with van der Waals surface area (Å²) in [5.41, 5.74) is 2.13. The summed E-state index contributed by atoms with van der Waals surface area (Å²) in [7, 11) is 1.49. The number of amides is 2. The molecule has 0 bridgehead atoms. The molecule has 0 aliphatic rings. The van der Waals surface area contributed by atoms with Crippen LogP contribution in [-0.4, -0.2) is 25.5 Å². The lowest BCUT2D eigenvalue weighted by atomic mass is 10.2. The van der Waals surface area contributed by atoms with Gasteiger partial charge in [0.25, 0.3) is 5.91 Å². The molecule has 2 N–H and O–H groups in total. The van der Waals surface area contributed by atoms with Gasteiger partial charge < -0.3 is 15.4 Å². The second-order valence-corrected chi connectivity index (χ2v) is 5.75. The SMILES string of the molecule is COc1ccccc1C(=O)NCC(=O)Nc1ccc(C)c(Br)c1. The van der Waals surface area contributed by atoms with Gasteiger partial charge in [-0.05, 0) is 36.8 Å². The average Bonchev–Trinajstić information content (AvgIpc) is 2.56. The number of nitrogens with one attached hydrogen (secondary N) is 2. The van der Waals surface area contributed by atoms with Crippen LogP contribution in [0.25, 0.3) is 0 Å². The maximum Gasteiger partial charge on any atom is 0.255 e. The van der Waals surface area contributed by atoms with Crippen LogP contribution in [0, 0.1) is 6.92 Å². The number of rotatable bonds is 5. The zero-order chi connectivity index (χ0) is 16.8. The highest BCUT2D eigenvalue weighted by atomic mass is 79.9. The summed E-state index contributed by atoms with van der Waals surface area (Å²) in [5, 5.41) is 5.31. The fourth-order valence-corrected chi connectivity index (χ4v) is 2.34. The summed E-state index contributed by atoms with van der Waals surface area (Å²) >= 11 is 3.41. The Morgan fingerprint density at radius 1 is 1.17 bits per heavy atom. The first-order chi connectivity index (χ1) is 11.0. The molecule has 5 nitrogen and oxygen atoms in total. The van der Waals surface area contributed by atoms with Crippen LogP contribution >= 0.6 is 15.9 Å². The topological polar surface area (TPSA) is 67.4 Å². The first-order valence-electron chi connectivity index (χ1n) is 6.98. The molecule has 2 amide bonds. The largest absolute Gasteiger partial charge is 0.496 e. The van der Waals surface area contributed by atoms with E-state index in [4.69, 9.17) is 4.74 Å². The molecule has 0 unspecified atom stereocenters. The van der Waals surface area contributed by atoms with Crippen LogP contribution in [0.3, 0.4) is 0 Å². The Labute approximate surface area is 143 Å². The van der Waals surface area contributed by atoms with E-state index >= 15 is 0 Å². The molecule has 2 rings (SSSR count). The highest BCUT2D eigenvalue weighted by molar-refractivity contribution is 9.10. The number of benzene rings is 2. The van der Waals surface area contributed by atoms with Crippen LogP contribution in [0.15, 0.2) is 46.9 Å². The summed E-state index contributed by atoms with van der Waals surface area (Å²) in [5.74, 6) is -0.195. The molecule has 0 heterocycles. The van der Waals surface area contributed by atoms with Gasteiger partial charge in [0.15, 0.2) is 0 Å². The predicted octanol–water partition coefficient (Wildman–Crippen LogP) is 3.13. The van der Waals surface area contributed by atoms with Gasteiger partial charge in [0.05, 0.1) is 19.2 Å². The van der Waals surface area contributed by atoms with E-state index in [9.17, 15) is 9.59 Å². The summed E-state index contributed by atoms with van der Waals surface area (Å²) in [6.45, 7) is 1.84. The first-order valence-corrected chi connectivity index (χ1v) is 7.78. The molecule has 0 fully saturated rings. The normalized spacial score (nSPS) is 10.0. The van der Waals surface area contributed by atoms with Gasteiger partial charge >= 0.3 is 0 Å². The number of ether oxygens (including phenoxy) is 1. The van der Waals surface area contributed by atoms with Gasteiger partial charge in [-0.15, -0.1) is 0 Å². The van der Waals surface area contributed by atoms with Gasteiger partial charge in [-0.3, -0.25) is 9.59 Å². The van der Waals surface area contributed by atoms with Crippen LogP contribution in [0.1, 0.15) is 15.9 Å². The molecule has 0 aliphatic carbocycles.